The highest BCUT2D eigenvalue weighted by Crippen LogP contribution is 2.26. The summed E-state index contributed by atoms with van der Waals surface area (Å²) in [4.78, 5) is 0. The molecule has 0 saturated heterocycles. The predicted molar refractivity (Wildman–Crippen MR) is 78.8 cm³/mol. The third-order valence-corrected chi connectivity index (χ3v) is 2.67. The van der Waals surface area contributed by atoms with E-state index in [1.807, 2.05) is 26.0 Å². The van der Waals surface area contributed by atoms with Crippen molar-refractivity contribution in [1.29, 1.82) is 0 Å². The Labute approximate surface area is 119 Å². The zero-order chi connectivity index (χ0) is 15.1. The van der Waals surface area contributed by atoms with E-state index in [1.54, 1.807) is 24.3 Å². The highest BCUT2D eigenvalue weighted by molar-refractivity contribution is 5.41. The fraction of sp³-hybridized carbons (Fsp3) is 0.250. The minimum absolute atomic E-state index is 0.197. The fourth-order valence-corrected chi connectivity index (χ4v) is 1.60. The zero-order valence-corrected chi connectivity index (χ0v) is 12.2. The van der Waals surface area contributed by atoms with Crippen molar-refractivity contribution in [3.8, 4) is 23.0 Å². The average Bonchev–Trinajstić information content (AvgIpc) is 2.40. The van der Waals surface area contributed by atoms with Gasteiger partial charge in [0, 0.05) is 0 Å². The van der Waals surface area contributed by atoms with Crippen molar-refractivity contribution in [2.75, 3.05) is 14.2 Å². The maximum Gasteiger partial charge on any atom is 0.160 e. The van der Waals surface area contributed by atoms with Gasteiger partial charge in [0.05, 0.1) is 14.2 Å². The minimum Gasteiger partial charge on any atom is -0.504 e. The summed E-state index contributed by atoms with van der Waals surface area (Å²) in [6.45, 7) is 3.83. The van der Waals surface area contributed by atoms with Gasteiger partial charge in [-0.1, -0.05) is 12.1 Å². The molecule has 108 valence electrons. The molecule has 0 aliphatic rings. The average molecular weight is 276 g/mol. The van der Waals surface area contributed by atoms with Crippen LogP contribution in [0.25, 0.3) is 0 Å². The van der Waals surface area contributed by atoms with Crippen LogP contribution >= 0.6 is 0 Å². The molecule has 0 aromatic heterocycles. The van der Waals surface area contributed by atoms with Gasteiger partial charge in [0.15, 0.2) is 23.0 Å². The number of methoxy groups -OCH3 is 2. The Morgan fingerprint density at radius 3 is 1.30 bits per heavy atom. The van der Waals surface area contributed by atoms with E-state index in [9.17, 15) is 0 Å². The van der Waals surface area contributed by atoms with Crippen LogP contribution in [0.3, 0.4) is 0 Å². The number of hydrogen-bond donors (Lipinski definition) is 2. The number of ether oxygens (including phenoxy) is 2. The Bertz CT molecular complexity index is 513. The van der Waals surface area contributed by atoms with E-state index in [1.165, 1.54) is 14.2 Å². The maximum atomic E-state index is 9.17. The number of aromatic hydroxyl groups is 2. The molecule has 0 bridgehead atoms. The van der Waals surface area contributed by atoms with Gasteiger partial charge in [0.2, 0.25) is 0 Å². The molecule has 0 radical (unpaired) electrons. The Balaban J connectivity index is 0.000000200. The van der Waals surface area contributed by atoms with Crippen LogP contribution in [-0.2, 0) is 0 Å². The first-order valence-corrected chi connectivity index (χ1v) is 6.15. The van der Waals surface area contributed by atoms with Crippen molar-refractivity contribution in [3.05, 3.63) is 47.5 Å². The summed E-state index contributed by atoms with van der Waals surface area (Å²) in [5.41, 5.74) is 2.05. The molecule has 0 unspecified atom stereocenters. The first-order valence-electron chi connectivity index (χ1n) is 6.15. The lowest BCUT2D eigenvalue weighted by Crippen LogP contribution is -1.82. The van der Waals surface area contributed by atoms with Crippen molar-refractivity contribution in [3.63, 3.8) is 0 Å². The summed E-state index contributed by atoms with van der Waals surface area (Å²) in [7, 11) is 3.06. The van der Waals surface area contributed by atoms with Gasteiger partial charge in [-0.25, -0.2) is 0 Å². The molecular weight excluding hydrogens is 256 g/mol. The van der Waals surface area contributed by atoms with E-state index in [2.05, 4.69) is 0 Å². The summed E-state index contributed by atoms with van der Waals surface area (Å²) < 4.78 is 9.70. The Kier molecular flexibility index (Phi) is 5.72. The van der Waals surface area contributed by atoms with E-state index >= 15 is 0 Å². The van der Waals surface area contributed by atoms with E-state index in [-0.39, 0.29) is 11.5 Å². The number of phenols is 2. The smallest absolute Gasteiger partial charge is 0.160 e. The summed E-state index contributed by atoms with van der Waals surface area (Å²) in [5, 5.41) is 18.3. The summed E-state index contributed by atoms with van der Waals surface area (Å²) >= 11 is 0. The fourth-order valence-electron chi connectivity index (χ4n) is 1.60. The Morgan fingerprint density at radius 2 is 1.05 bits per heavy atom. The van der Waals surface area contributed by atoms with Crippen LogP contribution in [0, 0.1) is 13.8 Å². The molecule has 2 aromatic carbocycles. The van der Waals surface area contributed by atoms with E-state index < -0.39 is 0 Å². The lowest BCUT2D eigenvalue weighted by molar-refractivity contribution is 0.373. The van der Waals surface area contributed by atoms with Gasteiger partial charge in [0.1, 0.15) is 0 Å². The number of aryl methyl sites for hydroxylation is 2. The van der Waals surface area contributed by atoms with Crippen molar-refractivity contribution >= 4 is 0 Å². The molecule has 2 rings (SSSR count). The Morgan fingerprint density at radius 1 is 0.700 bits per heavy atom. The van der Waals surface area contributed by atoms with Gasteiger partial charge in [-0.3, -0.25) is 0 Å². The monoisotopic (exact) mass is 276 g/mol. The third-order valence-electron chi connectivity index (χ3n) is 2.67. The molecular formula is C16H20O4. The second-order valence-corrected chi connectivity index (χ2v) is 4.35. The molecule has 0 heterocycles. The molecule has 0 atom stereocenters. The maximum absolute atomic E-state index is 9.17. The topological polar surface area (TPSA) is 58.9 Å². The SMILES string of the molecule is COc1ccc(C)cc1O.COc1ccc(C)cc1O. The quantitative estimate of drug-likeness (QED) is 0.882. The van der Waals surface area contributed by atoms with Crippen LogP contribution in [0.15, 0.2) is 36.4 Å². The standard InChI is InChI=1S/2C8H10O2/c2*1-6-3-4-8(10-2)7(9)5-6/h2*3-5,9H,1-2H3. The van der Waals surface area contributed by atoms with Crippen LogP contribution in [0.2, 0.25) is 0 Å². The van der Waals surface area contributed by atoms with Crippen molar-refractivity contribution in [1.82, 2.24) is 0 Å². The second kappa shape index (κ2) is 7.28. The lowest BCUT2D eigenvalue weighted by Gasteiger charge is -2.01. The van der Waals surface area contributed by atoms with Crippen molar-refractivity contribution in [2.45, 2.75) is 13.8 Å². The molecule has 0 saturated carbocycles. The number of phenolic OH excluding ortho intramolecular Hbond substituents is 2. The first-order chi connectivity index (χ1) is 9.47. The molecule has 20 heavy (non-hydrogen) atoms. The number of hydrogen-bond acceptors (Lipinski definition) is 4. The second-order valence-electron chi connectivity index (χ2n) is 4.35. The normalized spacial score (nSPS) is 9.40. The lowest BCUT2D eigenvalue weighted by atomic mass is 10.2. The van der Waals surface area contributed by atoms with Gasteiger partial charge in [-0.05, 0) is 49.2 Å². The predicted octanol–water partition coefficient (Wildman–Crippen LogP) is 3.42. The molecule has 0 amide bonds. The zero-order valence-electron chi connectivity index (χ0n) is 12.2. The van der Waals surface area contributed by atoms with Crippen molar-refractivity contribution in [2.24, 2.45) is 0 Å². The molecule has 0 fully saturated rings. The van der Waals surface area contributed by atoms with Gasteiger partial charge in [0.25, 0.3) is 0 Å². The third kappa shape index (κ3) is 4.39. The molecule has 2 N–H and O–H groups in total. The molecule has 4 heteroatoms. The first kappa shape index (κ1) is 15.7. The highest BCUT2D eigenvalue weighted by Gasteiger charge is 1.98. The molecule has 2 aromatic rings. The van der Waals surface area contributed by atoms with Crippen molar-refractivity contribution < 1.29 is 19.7 Å². The van der Waals surface area contributed by atoms with Crippen LogP contribution in [0.4, 0.5) is 0 Å². The molecule has 0 spiro atoms. The largest absolute Gasteiger partial charge is 0.504 e. The summed E-state index contributed by atoms with van der Waals surface area (Å²) in [5.74, 6) is 1.43. The van der Waals surface area contributed by atoms with Crippen LogP contribution in [0.5, 0.6) is 23.0 Å². The molecule has 0 aliphatic carbocycles. The number of benzene rings is 2. The van der Waals surface area contributed by atoms with Gasteiger partial charge in [-0.15, -0.1) is 0 Å². The number of rotatable bonds is 2. The van der Waals surface area contributed by atoms with E-state index in [0.29, 0.717) is 11.5 Å². The van der Waals surface area contributed by atoms with E-state index in [4.69, 9.17) is 19.7 Å². The molecule has 0 aliphatic heterocycles. The van der Waals surface area contributed by atoms with Gasteiger partial charge in [-0.2, -0.15) is 0 Å². The Hall–Kier alpha value is -2.36. The van der Waals surface area contributed by atoms with E-state index in [0.717, 1.165) is 11.1 Å². The van der Waals surface area contributed by atoms with Crippen LogP contribution in [0.1, 0.15) is 11.1 Å². The van der Waals surface area contributed by atoms with Crippen LogP contribution in [-0.4, -0.2) is 24.4 Å². The van der Waals surface area contributed by atoms with Gasteiger partial charge >= 0.3 is 0 Å². The van der Waals surface area contributed by atoms with Crippen LogP contribution < -0.4 is 9.47 Å². The van der Waals surface area contributed by atoms with Gasteiger partial charge < -0.3 is 19.7 Å². The molecule has 4 nitrogen and oxygen atoms in total. The highest BCUT2D eigenvalue weighted by atomic mass is 16.5. The summed E-state index contributed by atoms with van der Waals surface area (Å²) in [6, 6.07) is 10.6. The minimum atomic E-state index is 0.197. The summed E-state index contributed by atoms with van der Waals surface area (Å²) in [6.07, 6.45) is 0.